The lowest BCUT2D eigenvalue weighted by Gasteiger charge is -2.16. The summed E-state index contributed by atoms with van der Waals surface area (Å²) < 4.78 is 26.1. The Morgan fingerprint density at radius 1 is 0.672 bits per heavy atom. The van der Waals surface area contributed by atoms with E-state index in [-0.39, 0.29) is 30.0 Å². The molecule has 9 rings (SSSR count). The molecule has 6 unspecified atom stereocenters. The summed E-state index contributed by atoms with van der Waals surface area (Å²) in [6, 6.07) is 15.6. The highest BCUT2D eigenvalue weighted by molar-refractivity contribution is 6.76. The molecular formula is C47H66N10O5Si2. The van der Waals surface area contributed by atoms with Crippen LogP contribution in [-0.2, 0) is 27.7 Å². The molecule has 6 heterocycles. The van der Waals surface area contributed by atoms with E-state index in [1.54, 1.807) is 24.5 Å². The Labute approximate surface area is 377 Å². The summed E-state index contributed by atoms with van der Waals surface area (Å²) in [5.74, 6) is 2.79. The summed E-state index contributed by atoms with van der Waals surface area (Å²) in [6.45, 7) is 21.0. The van der Waals surface area contributed by atoms with E-state index < -0.39 is 16.1 Å². The molecule has 6 atom stereocenters. The second kappa shape index (κ2) is 19.3. The molecule has 15 nitrogen and oxygen atoms in total. The van der Waals surface area contributed by atoms with Gasteiger partial charge in [0, 0.05) is 53.6 Å². The second-order valence-electron chi connectivity index (χ2n) is 20.2. The van der Waals surface area contributed by atoms with Gasteiger partial charge in [-0.05, 0) is 73.9 Å². The fourth-order valence-electron chi connectivity index (χ4n) is 9.42. The molecule has 2 aliphatic carbocycles. The largest absolute Gasteiger partial charge is 0.459 e. The Hall–Kier alpha value is -4.82. The van der Waals surface area contributed by atoms with E-state index in [9.17, 15) is 9.90 Å². The number of hydrogen-bond acceptors (Lipinski definition) is 11. The van der Waals surface area contributed by atoms with Crippen molar-refractivity contribution >= 4 is 55.7 Å². The topological polar surface area (TPSA) is 161 Å². The van der Waals surface area contributed by atoms with Gasteiger partial charge in [-0.1, -0.05) is 84.2 Å². The van der Waals surface area contributed by atoms with Crippen molar-refractivity contribution in [2.75, 3.05) is 13.2 Å². The van der Waals surface area contributed by atoms with Gasteiger partial charge in [0.2, 0.25) is 0 Å². The Balaban J connectivity index is 0.000000181. The molecule has 0 saturated heterocycles. The minimum Gasteiger partial charge on any atom is -0.459 e. The predicted octanol–water partition coefficient (Wildman–Crippen LogP) is 9.18. The van der Waals surface area contributed by atoms with Crippen molar-refractivity contribution in [2.24, 2.45) is 11.8 Å². The number of hydrogen-bond donors (Lipinski definition) is 1. The van der Waals surface area contributed by atoms with E-state index in [1.165, 1.54) is 0 Å². The van der Waals surface area contributed by atoms with Crippen molar-refractivity contribution in [2.45, 2.75) is 141 Å². The summed E-state index contributed by atoms with van der Waals surface area (Å²) >= 11 is 0. The van der Waals surface area contributed by atoms with Crippen LogP contribution in [0.3, 0.4) is 0 Å². The minimum atomic E-state index is -1.13. The third kappa shape index (κ3) is 10.2. The average Bonchev–Trinajstić information content (AvgIpc) is 4.13. The number of rotatable bonds is 16. The standard InChI is InChI=1S/C27H35N5O3Si.C20H31N5O2Si/c1-5-19-15-21(35-27(33)20-9-7-6-8-10-20)16-22(19)25-30-29-24-17-28-26-23(32(24)25)11-12-31(26)18-34-13-14-36(2,3)4;1-5-14-10-15(26)11-16(14)19-23-22-18-12-21-20-17(25(18)19)6-7-24(20)13-27-8-9-28(2,3)4/h6-12,17,19,21-22H,5,13-16,18H2,1-4H3;6-7,12,14-16,26H,5,8-11,13H2,1-4H3. The van der Waals surface area contributed by atoms with Gasteiger partial charge in [0.1, 0.15) is 31.2 Å². The van der Waals surface area contributed by atoms with Gasteiger partial charge in [-0.25, -0.2) is 14.8 Å². The smallest absolute Gasteiger partial charge is 0.338 e. The number of aromatic nitrogens is 10. The SMILES string of the molecule is CCC1CC(O)CC1c1nnc2cnc3c(ccn3COCC[Si](C)(C)C)n12.CCC1CC(OC(=O)c2ccccc2)CC1c1nnc2cnc3c(ccn3COCC[Si](C)(C)C)n12. The molecule has 1 aromatic carbocycles. The maximum Gasteiger partial charge on any atom is 0.338 e. The molecule has 342 valence electrons. The lowest BCUT2D eigenvalue weighted by Crippen LogP contribution is -2.22. The van der Waals surface area contributed by atoms with Gasteiger partial charge in [-0.3, -0.25) is 8.80 Å². The fraction of sp³-hybridized carbons (Fsp3) is 0.553. The molecule has 2 aliphatic rings. The fourth-order valence-corrected chi connectivity index (χ4v) is 10.9. The highest BCUT2D eigenvalue weighted by Gasteiger charge is 2.40. The van der Waals surface area contributed by atoms with Crippen LogP contribution in [0, 0.1) is 11.8 Å². The number of aliphatic hydroxyl groups is 1. The Kier molecular flexibility index (Phi) is 13.8. The van der Waals surface area contributed by atoms with E-state index in [0.717, 1.165) is 109 Å². The molecule has 7 aromatic rings. The third-order valence-corrected chi connectivity index (χ3v) is 16.5. The molecule has 0 spiro atoms. The van der Waals surface area contributed by atoms with Gasteiger partial charge < -0.3 is 28.5 Å². The van der Waals surface area contributed by atoms with Crippen molar-refractivity contribution < 1.29 is 24.1 Å². The van der Waals surface area contributed by atoms with E-state index in [1.807, 2.05) is 39.7 Å². The lowest BCUT2D eigenvalue weighted by molar-refractivity contribution is 0.0306. The van der Waals surface area contributed by atoms with Gasteiger partial charge in [0.05, 0.1) is 35.1 Å². The van der Waals surface area contributed by atoms with E-state index in [4.69, 9.17) is 14.2 Å². The summed E-state index contributed by atoms with van der Waals surface area (Å²) in [4.78, 5) is 21.9. The van der Waals surface area contributed by atoms with Crippen molar-refractivity contribution in [1.29, 1.82) is 0 Å². The van der Waals surface area contributed by atoms with Crippen molar-refractivity contribution in [3.05, 3.63) is 84.5 Å². The van der Waals surface area contributed by atoms with Crippen LogP contribution < -0.4 is 0 Å². The molecule has 64 heavy (non-hydrogen) atoms. The number of fused-ring (bicyclic) bond motifs is 6. The number of nitrogens with zero attached hydrogens (tertiary/aromatic N) is 10. The first-order chi connectivity index (χ1) is 30.7. The number of benzene rings is 1. The number of esters is 1. The zero-order valence-corrected chi connectivity index (χ0v) is 40.9. The predicted molar refractivity (Wildman–Crippen MR) is 254 cm³/mol. The first kappa shape index (κ1) is 45.7. The minimum absolute atomic E-state index is 0.137. The molecule has 0 radical (unpaired) electrons. The average molecular weight is 907 g/mol. The molecule has 17 heteroatoms. The summed E-state index contributed by atoms with van der Waals surface area (Å²) in [5, 5.41) is 28.1. The number of aliphatic hydroxyl groups excluding tert-OH is 1. The third-order valence-electron chi connectivity index (χ3n) is 13.1. The Morgan fingerprint density at radius 2 is 1.17 bits per heavy atom. The van der Waals surface area contributed by atoms with Gasteiger partial charge in [0.15, 0.2) is 22.6 Å². The summed E-state index contributed by atoms with van der Waals surface area (Å²) in [7, 11) is -2.22. The van der Waals surface area contributed by atoms with Gasteiger partial charge in [-0.2, -0.15) is 0 Å². The van der Waals surface area contributed by atoms with Crippen LogP contribution >= 0.6 is 0 Å². The molecule has 2 fully saturated rings. The Bertz CT molecular complexity index is 2660. The normalized spacial score (nSPS) is 21.6. The Morgan fingerprint density at radius 3 is 1.67 bits per heavy atom. The van der Waals surface area contributed by atoms with Gasteiger partial charge >= 0.3 is 5.97 Å². The van der Waals surface area contributed by atoms with Gasteiger partial charge in [-0.15, -0.1) is 20.4 Å². The molecule has 0 bridgehead atoms. The van der Waals surface area contributed by atoms with Crippen LogP contribution in [0.15, 0.2) is 67.3 Å². The molecule has 2 saturated carbocycles. The van der Waals surface area contributed by atoms with E-state index >= 15 is 0 Å². The molecule has 6 aromatic heterocycles. The van der Waals surface area contributed by atoms with Crippen LogP contribution in [0.4, 0.5) is 0 Å². The van der Waals surface area contributed by atoms with Crippen molar-refractivity contribution in [3.63, 3.8) is 0 Å². The maximum atomic E-state index is 12.7. The molecule has 0 amide bonds. The van der Waals surface area contributed by atoms with Crippen molar-refractivity contribution in [1.82, 2.24) is 48.3 Å². The van der Waals surface area contributed by atoms with Crippen LogP contribution in [-0.4, -0.2) is 101 Å². The summed E-state index contributed by atoms with van der Waals surface area (Å²) in [5.41, 5.74) is 5.79. The quantitative estimate of drug-likeness (QED) is 0.0559. The highest BCUT2D eigenvalue weighted by atomic mass is 28.3. The molecule has 1 N–H and O–H groups in total. The zero-order valence-electron chi connectivity index (χ0n) is 38.9. The van der Waals surface area contributed by atoms with E-state index in [0.29, 0.717) is 30.9 Å². The number of carbonyl (C=O) groups is 1. The number of ether oxygens (including phenoxy) is 3. The second-order valence-corrected chi connectivity index (χ2v) is 31.5. The first-order valence-electron chi connectivity index (χ1n) is 23.2. The molecule has 0 aliphatic heterocycles. The zero-order chi connectivity index (χ0) is 45.2. The van der Waals surface area contributed by atoms with Crippen LogP contribution in [0.1, 0.15) is 86.2 Å². The van der Waals surface area contributed by atoms with E-state index in [2.05, 4.69) is 104 Å². The lowest BCUT2D eigenvalue weighted by atomic mass is 9.93. The van der Waals surface area contributed by atoms with Crippen LogP contribution in [0.5, 0.6) is 0 Å². The van der Waals surface area contributed by atoms with Crippen molar-refractivity contribution in [3.8, 4) is 0 Å². The maximum absolute atomic E-state index is 12.7. The monoisotopic (exact) mass is 906 g/mol. The number of carbonyl (C=O) groups excluding carboxylic acids is 1. The first-order valence-corrected chi connectivity index (χ1v) is 30.6. The van der Waals surface area contributed by atoms with Crippen LogP contribution in [0.2, 0.25) is 51.4 Å². The molecular weight excluding hydrogens is 841 g/mol. The summed E-state index contributed by atoms with van der Waals surface area (Å²) in [6.07, 6.45) is 12.4. The van der Waals surface area contributed by atoms with Gasteiger partial charge in [0.25, 0.3) is 0 Å². The van der Waals surface area contributed by atoms with Crippen LogP contribution in [0.25, 0.3) is 33.6 Å². The highest BCUT2D eigenvalue weighted by Crippen LogP contribution is 2.43.